The van der Waals surface area contributed by atoms with Gasteiger partial charge in [-0.25, -0.2) is 4.68 Å². The van der Waals surface area contributed by atoms with E-state index >= 15 is 0 Å². The third-order valence-electron chi connectivity index (χ3n) is 4.33. The Morgan fingerprint density at radius 3 is 2.33 bits per heavy atom. The van der Waals surface area contributed by atoms with Crippen molar-refractivity contribution in [2.45, 2.75) is 6.54 Å². The Morgan fingerprint density at radius 2 is 1.67 bits per heavy atom. The van der Waals surface area contributed by atoms with Gasteiger partial charge in [-0.15, -0.1) is 0 Å². The molecule has 2 aromatic heterocycles. The highest BCUT2D eigenvalue weighted by Crippen LogP contribution is 2.15. The third kappa shape index (κ3) is 3.39. The molecule has 6 nitrogen and oxygen atoms in total. The van der Waals surface area contributed by atoms with E-state index < -0.39 is 0 Å². The van der Waals surface area contributed by atoms with Crippen molar-refractivity contribution >= 4 is 28.3 Å². The van der Waals surface area contributed by atoms with E-state index in [-0.39, 0.29) is 11.3 Å². The zero-order valence-corrected chi connectivity index (χ0v) is 15.2. The van der Waals surface area contributed by atoms with Crippen LogP contribution in [0, 0.1) is 0 Å². The van der Waals surface area contributed by atoms with Crippen molar-refractivity contribution in [3.05, 3.63) is 93.0 Å². The summed E-state index contributed by atoms with van der Waals surface area (Å²) in [6.07, 6.45) is 3.28. The quantitative estimate of drug-likeness (QED) is 0.512. The Balaban J connectivity index is 1.56. The summed E-state index contributed by atoms with van der Waals surface area (Å²) in [5.74, 6) is -0.0578. The Bertz CT molecular complexity index is 1190. The van der Waals surface area contributed by atoms with E-state index in [9.17, 15) is 9.59 Å². The van der Waals surface area contributed by atoms with Crippen molar-refractivity contribution in [3.63, 3.8) is 0 Å². The van der Waals surface area contributed by atoms with E-state index in [0.717, 1.165) is 5.56 Å². The fraction of sp³-hybridized carbons (Fsp3) is 0.100. The van der Waals surface area contributed by atoms with Gasteiger partial charge < -0.3 is 0 Å². The molecular weight excluding hydrogens is 364 g/mol. The summed E-state index contributed by atoms with van der Waals surface area (Å²) >= 11 is 5.86. The maximum absolute atomic E-state index is 12.5. The number of nitrogens with zero attached hydrogens (tertiary/aromatic N) is 4. The van der Waals surface area contributed by atoms with Crippen LogP contribution in [-0.2, 0) is 13.6 Å². The van der Waals surface area contributed by atoms with Gasteiger partial charge >= 0.3 is 0 Å². The molecule has 4 rings (SSSR count). The van der Waals surface area contributed by atoms with Gasteiger partial charge in [0.15, 0.2) is 5.78 Å². The van der Waals surface area contributed by atoms with Gasteiger partial charge in [-0.1, -0.05) is 35.9 Å². The van der Waals surface area contributed by atoms with E-state index in [4.69, 9.17) is 11.6 Å². The highest BCUT2D eigenvalue weighted by Gasteiger charge is 2.10. The highest BCUT2D eigenvalue weighted by atomic mass is 35.5. The maximum atomic E-state index is 12.5. The molecule has 2 heterocycles. The van der Waals surface area contributed by atoms with Crippen LogP contribution in [-0.4, -0.2) is 25.3 Å². The molecule has 0 unspecified atom stereocenters. The molecule has 0 saturated heterocycles. The Kier molecular flexibility index (Phi) is 4.33. The smallest absolute Gasteiger partial charge is 0.277 e. The number of carbonyl (C=O) groups excluding carboxylic acids is 1. The lowest BCUT2D eigenvalue weighted by Crippen LogP contribution is -2.18. The van der Waals surface area contributed by atoms with Crippen molar-refractivity contribution in [2.24, 2.45) is 7.05 Å². The van der Waals surface area contributed by atoms with E-state index in [1.807, 2.05) is 12.1 Å². The first-order chi connectivity index (χ1) is 13.0. The highest BCUT2D eigenvalue weighted by molar-refractivity contribution is 6.30. The fourth-order valence-electron chi connectivity index (χ4n) is 2.86. The standard InChI is InChI=1S/C20H15ClN4O2/c1-24-20(27)17-12-25(23-18(17)10-22-24)11-13-2-4-14(5-3-13)19(26)15-6-8-16(21)9-7-15/h2-10,12H,11H2,1H3. The Labute approximate surface area is 159 Å². The summed E-state index contributed by atoms with van der Waals surface area (Å²) in [7, 11) is 1.61. The van der Waals surface area contributed by atoms with Crippen molar-refractivity contribution in [1.82, 2.24) is 19.6 Å². The summed E-state index contributed by atoms with van der Waals surface area (Å²) in [6, 6.07) is 14.2. The molecule has 0 aliphatic heterocycles. The van der Waals surface area contributed by atoms with E-state index in [1.54, 1.807) is 60.5 Å². The monoisotopic (exact) mass is 378 g/mol. The predicted molar refractivity (Wildman–Crippen MR) is 103 cm³/mol. The van der Waals surface area contributed by atoms with Crippen LogP contribution in [0.2, 0.25) is 5.02 Å². The van der Waals surface area contributed by atoms with Crippen molar-refractivity contribution < 1.29 is 4.79 Å². The number of hydrogen-bond acceptors (Lipinski definition) is 4. The third-order valence-corrected chi connectivity index (χ3v) is 4.59. The number of hydrogen-bond donors (Lipinski definition) is 0. The minimum absolute atomic E-state index is 0.0578. The molecule has 2 aromatic carbocycles. The number of fused-ring (bicyclic) bond motifs is 1. The topological polar surface area (TPSA) is 69.8 Å². The van der Waals surface area contributed by atoms with E-state index in [0.29, 0.717) is 33.6 Å². The summed E-state index contributed by atoms with van der Waals surface area (Å²) in [5.41, 5.74) is 2.55. The van der Waals surface area contributed by atoms with Crippen molar-refractivity contribution in [2.75, 3.05) is 0 Å². The van der Waals surface area contributed by atoms with Crippen LogP contribution in [0.4, 0.5) is 0 Å². The summed E-state index contributed by atoms with van der Waals surface area (Å²) in [4.78, 5) is 24.6. The second-order valence-electron chi connectivity index (χ2n) is 6.23. The van der Waals surface area contributed by atoms with Crippen molar-refractivity contribution in [1.29, 1.82) is 0 Å². The zero-order valence-electron chi connectivity index (χ0n) is 14.5. The molecule has 0 radical (unpaired) electrons. The maximum Gasteiger partial charge on any atom is 0.277 e. The number of carbonyl (C=O) groups is 1. The number of ketones is 1. The molecule has 7 heteroatoms. The zero-order chi connectivity index (χ0) is 19.0. The molecule has 0 amide bonds. The van der Waals surface area contributed by atoms with Gasteiger partial charge in [0.05, 0.1) is 18.1 Å². The Morgan fingerprint density at radius 1 is 1.04 bits per heavy atom. The van der Waals surface area contributed by atoms with Gasteiger partial charge in [0.2, 0.25) is 0 Å². The molecule has 0 atom stereocenters. The SMILES string of the molecule is Cn1ncc2nn(Cc3ccc(C(=O)c4ccc(Cl)cc4)cc3)cc2c1=O. The molecule has 0 aliphatic carbocycles. The van der Waals surface area contributed by atoms with Crippen LogP contribution in [0.5, 0.6) is 0 Å². The largest absolute Gasteiger partial charge is 0.289 e. The first-order valence-electron chi connectivity index (χ1n) is 8.30. The van der Waals surface area contributed by atoms with Crippen LogP contribution in [0.3, 0.4) is 0 Å². The molecule has 0 N–H and O–H groups in total. The van der Waals surface area contributed by atoms with Gasteiger partial charge in [0.1, 0.15) is 5.52 Å². The molecule has 0 aliphatic rings. The lowest BCUT2D eigenvalue weighted by molar-refractivity contribution is 0.103. The number of halogens is 1. The average molecular weight is 379 g/mol. The molecule has 4 aromatic rings. The number of benzene rings is 2. The van der Waals surface area contributed by atoms with Gasteiger partial charge in [-0.3, -0.25) is 14.3 Å². The van der Waals surface area contributed by atoms with Gasteiger partial charge in [-0.2, -0.15) is 10.2 Å². The Hall–Kier alpha value is -3.25. The number of aromatic nitrogens is 4. The minimum Gasteiger partial charge on any atom is -0.289 e. The van der Waals surface area contributed by atoms with Crippen LogP contribution in [0.15, 0.2) is 65.7 Å². The second-order valence-corrected chi connectivity index (χ2v) is 6.67. The molecule has 27 heavy (non-hydrogen) atoms. The summed E-state index contributed by atoms with van der Waals surface area (Å²) < 4.78 is 2.98. The molecule has 0 spiro atoms. The van der Waals surface area contributed by atoms with E-state index in [2.05, 4.69) is 10.2 Å². The number of rotatable bonds is 4. The van der Waals surface area contributed by atoms with Gasteiger partial charge in [0.25, 0.3) is 5.56 Å². The fourth-order valence-corrected chi connectivity index (χ4v) is 2.99. The average Bonchev–Trinajstić information content (AvgIpc) is 3.09. The van der Waals surface area contributed by atoms with Crippen molar-refractivity contribution in [3.8, 4) is 0 Å². The van der Waals surface area contributed by atoms with Crippen LogP contribution in [0.1, 0.15) is 21.5 Å². The van der Waals surface area contributed by atoms with E-state index in [1.165, 1.54) is 4.68 Å². The minimum atomic E-state index is -0.178. The summed E-state index contributed by atoms with van der Waals surface area (Å²) in [5, 5.41) is 9.49. The first kappa shape index (κ1) is 17.2. The molecule has 134 valence electrons. The second kappa shape index (κ2) is 6.81. The molecule has 0 fully saturated rings. The summed E-state index contributed by atoms with van der Waals surface area (Å²) in [6.45, 7) is 0.493. The normalized spacial score (nSPS) is 11.0. The lowest BCUT2D eigenvalue weighted by atomic mass is 10.0. The van der Waals surface area contributed by atoms with Crippen LogP contribution in [0.25, 0.3) is 10.9 Å². The number of aryl methyl sites for hydroxylation is 1. The van der Waals surface area contributed by atoms with Gasteiger partial charge in [0, 0.05) is 29.4 Å². The van der Waals surface area contributed by atoms with Gasteiger partial charge in [-0.05, 0) is 29.8 Å². The lowest BCUT2D eigenvalue weighted by Gasteiger charge is -2.05. The predicted octanol–water partition coefficient (Wildman–Crippen LogP) is 3.06. The van der Waals surface area contributed by atoms with Crippen LogP contribution < -0.4 is 5.56 Å². The van der Waals surface area contributed by atoms with Crippen LogP contribution >= 0.6 is 11.6 Å². The molecule has 0 saturated carbocycles. The first-order valence-corrected chi connectivity index (χ1v) is 8.68. The molecular formula is C20H15ClN4O2. The molecule has 0 bridgehead atoms.